The third-order valence-electron chi connectivity index (χ3n) is 2.16. The molecule has 4 nitrogen and oxygen atoms in total. The van der Waals surface area contributed by atoms with Gasteiger partial charge in [0.15, 0.2) is 11.6 Å². The molecule has 1 aromatic heterocycles. The summed E-state index contributed by atoms with van der Waals surface area (Å²) in [6.07, 6.45) is 1.76. The predicted octanol–water partition coefficient (Wildman–Crippen LogP) is 2.36. The molecule has 0 fully saturated rings. The molecule has 4 heteroatoms. The average Bonchev–Trinajstić information content (AvgIpc) is 2.55. The van der Waals surface area contributed by atoms with Crippen molar-refractivity contribution in [3.63, 3.8) is 0 Å². The van der Waals surface area contributed by atoms with Gasteiger partial charge in [-0.05, 0) is 19.3 Å². The van der Waals surface area contributed by atoms with E-state index in [1.807, 2.05) is 0 Å². The molecule has 0 saturated heterocycles. The molecule has 15 heavy (non-hydrogen) atoms. The lowest BCUT2D eigenvalue weighted by Crippen LogP contribution is -2.03. The fourth-order valence-electron chi connectivity index (χ4n) is 1.26. The Bertz CT molecular complexity index is 342. The minimum Gasteiger partial charge on any atom is -0.464 e. The molecule has 0 aliphatic heterocycles. The van der Waals surface area contributed by atoms with Crippen LogP contribution in [0.15, 0.2) is 4.42 Å². The van der Waals surface area contributed by atoms with Crippen molar-refractivity contribution < 1.29 is 13.9 Å². The van der Waals surface area contributed by atoms with E-state index in [-0.39, 0.29) is 5.69 Å². The van der Waals surface area contributed by atoms with Gasteiger partial charge in [-0.3, -0.25) is 0 Å². The van der Waals surface area contributed by atoms with Crippen molar-refractivity contribution in [3.8, 4) is 0 Å². The van der Waals surface area contributed by atoms with Gasteiger partial charge in [-0.15, -0.1) is 0 Å². The average molecular weight is 211 g/mol. The van der Waals surface area contributed by atoms with Crippen LogP contribution < -0.4 is 0 Å². The van der Waals surface area contributed by atoms with Gasteiger partial charge >= 0.3 is 5.97 Å². The minimum atomic E-state index is -0.438. The van der Waals surface area contributed by atoms with Crippen molar-refractivity contribution in [1.29, 1.82) is 0 Å². The number of esters is 1. The van der Waals surface area contributed by atoms with Crippen LogP contribution in [0.1, 0.15) is 42.4 Å². The zero-order chi connectivity index (χ0) is 11.4. The number of oxazole rings is 1. The van der Waals surface area contributed by atoms with Gasteiger partial charge in [-0.2, -0.15) is 0 Å². The van der Waals surface area contributed by atoms with Gasteiger partial charge in [0.1, 0.15) is 5.76 Å². The summed E-state index contributed by atoms with van der Waals surface area (Å²) in [6.45, 7) is 5.99. The quantitative estimate of drug-likeness (QED) is 0.717. The van der Waals surface area contributed by atoms with Crippen molar-refractivity contribution in [2.75, 3.05) is 7.11 Å². The number of carbonyl (C=O) groups is 1. The Morgan fingerprint density at radius 3 is 2.73 bits per heavy atom. The number of rotatable bonds is 4. The lowest BCUT2D eigenvalue weighted by atomic mass is 10.1. The van der Waals surface area contributed by atoms with Crippen LogP contribution in [-0.2, 0) is 11.2 Å². The number of aromatic nitrogens is 1. The predicted molar refractivity (Wildman–Crippen MR) is 55.7 cm³/mol. The zero-order valence-electron chi connectivity index (χ0n) is 9.66. The monoisotopic (exact) mass is 211 g/mol. The summed E-state index contributed by atoms with van der Waals surface area (Å²) in [7, 11) is 1.34. The van der Waals surface area contributed by atoms with Gasteiger partial charge < -0.3 is 9.15 Å². The van der Waals surface area contributed by atoms with Crippen molar-refractivity contribution in [2.24, 2.45) is 5.92 Å². The number of methoxy groups -OCH3 is 1. The van der Waals surface area contributed by atoms with Gasteiger partial charge in [-0.25, -0.2) is 9.78 Å². The maximum atomic E-state index is 11.2. The molecule has 0 aliphatic carbocycles. The van der Waals surface area contributed by atoms with Gasteiger partial charge in [0.05, 0.1) is 7.11 Å². The topological polar surface area (TPSA) is 52.3 Å². The molecular weight excluding hydrogens is 194 g/mol. The van der Waals surface area contributed by atoms with Gasteiger partial charge in [-0.1, -0.05) is 13.8 Å². The molecule has 0 atom stereocenters. The van der Waals surface area contributed by atoms with E-state index in [9.17, 15) is 4.79 Å². The Hall–Kier alpha value is -1.32. The maximum absolute atomic E-state index is 11.2. The van der Waals surface area contributed by atoms with Crippen LogP contribution in [0.4, 0.5) is 0 Å². The molecular formula is C11H17NO3. The normalized spacial score (nSPS) is 10.7. The summed E-state index contributed by atoms with van der Waals surface area (Å²) in [5.41, 5.74) is 0.288. The maximum Gasteiger partial charge on any atom is 0.360 e. The van der Waals surface area contributed by atoms with Gasteiger partial charge in [0.25, 0.3) is 0 Å². The van der Waals surface area contributed by atoms with Crippen LogP contribution in [0.5, 0.6) is 0 Å². The highest BCUT2D eigenvalue weighted by Gasteiger charge is 2.17. The molecule has 0 aliphatic rings. The van der Waals surface area contributed by atoms with E-state index in [0.717, 1.165) is 12.8 Å². The number of nitrogens with zero attached hydrogens (tertiary/aromatic N) is 1. The van der Waals surface area contributed by atoms with Gasteiger partial charge in [0, 0.05) is 6.42 Å². The lowest BCUT2D eigenvalue weighted by molar-refractivity contribution is 0.0593. The van der Waals surface area contributed by atoms with E-state index >= 15 is 0 Å². The summed E-state index contributed by atoms with van der Waals surface area (Å²) in [5.74, 6) is 1.30. The number of aryl methyl sites for hydroxylation is 2. The van der Waals surface area contributed by atoms with Crippen LogP contribution in [0.2, 0.25) is 0 Å². The van der Waals surface area contributed by atoms with Crippen LogP contribution in [0, 0.1) is 12.8 Å². The van der Waals surface area contributed by atoms with E-state index in [2.05, 4.69) is 23.6 Å². The molecule has 0 radical (unpaired) electrons. The largest absolute Gasteiger partial charge is 0.464 e. The summed E-state index contributed by atoms with van der Waals surface area (Å²) < 4.78 is 9.97. The number of ether oxygens (including phenoxy) is 1. The fourth-order valence-corrected chi connectivity index (χ4v) is 1.26. The highest BCUT2D eigenvalue weighted by molar-refractivity contribution is 5.88. The Labute approximate surface area is 89.6 Å². The summed E-state index contributed by atoms with van der Waals surface area (Å²) >= 11 is 0. The highest BCUT2D eigenvalue weighted by Crippen LogP contribution is 2.14. The number of carbonyl (C=O) groups excluding carboxylic acids is 1. The first-order valence-electron chi connectivity index (χ1n) is 5.09. The molecule has 0 unspecified atom stereocenters. The first-order valence-corrected chi connectivity index (χ1v) is 5.09. The Kier molecular flexibility index (Phi) is 3.88. The SMILES string of the molecule is COC(=O)c1nc(CCC(C)C)oc1C. The first-order chi connectivity index (χ1) is 7.04. The van der Waals surface area contributed by atoms with E-state index in [1.165, 1.54) is 7.11 Å². The molecule has 0 spiro atoms. The summed E-state index contributed by atoms with van der Waals surface area (Å²) in [4.78, 5) is 15.4. The second-order valence-electron chi connectivity index (χ2n) is 3.94. The molecule has 0 N–H and O–H groups in total. The smallest absolute Gasteiger partial charge is 0.360 e. The van der Waals surface area contributed by atoms with E-state index < -0.39 is 5.97 Å². The van der Waals surface area contributed by atoms with Crippen LogP contribution in [0.25, 0.3) is 0 Å². The number of hydrogen-bond donors (Lipinski definition) is 0. The van der Waals surface area contributed by atoms with Gasteiger partial charge in [0.2, 0.25) is 0 Å². The third kappa shape index (κ3) is 3.08. The second-order valence-corrected chi connectivity index (χ2v) is 3.94. The molecule has 1 heterocycles. The molecule has 0 bridgehead atoms. The zero-order valence-corrected chi connectivity index (χ0v) is 9.66. The minimum absolute atomic E-state index is 0.288. The molecule has 0 saturated carbocycles. The van der Waals surface area contributed by atoms with E-state index in [4.69, 9.17) is 4.42 Å². The van der Waals surface area contributed by atoms with E-state index in [0.29, 0.717) is 17.6 Å². The third-order valence-corrected chi connectivity index (χ3v) is 2.16. The van der Waals surface area contributed by atoms with Crippen molar-refractivity contribution in [3.05, 3.63) is 17.3 Å². The highest BCUT2D eigenvalue weighted by atomic mass is 16.5. The molecule has 84 valence electrons. The standard InChI is InChI=1S/C11H17NO3/c1-7(2)5-6-9-12-10(8(3)15-9)11(13)14-4/h7H,5-6H2,1-4H3. The van der Waals surface area contributed by atoms with Crippen molar-refractivity contribution in [1.82, 2.24) is 4.98 Å². The van der Waals surface area contributed by atoms with Crippen LogP contribution >= 0.6 is 0 Å². The lowest BCUT2D eigenvalue weighted by Gasteiger charge is -1.99. The first kappa shape index (κ1) is 11.8. The molecule has 0 aromatic carbocycles. The van der Waals surface area contributed by atoms with Crippen LogP contribution in [-0.4, -0.2) is 18.1 Å². The van der Waals surface area contributed by atoms with Crippen molar-refractivity contribution in [2.45, 2.75) is 33.6 Å². The van der Waals surface area contributed by atoms with Crippen molar-refractivity contribution >= 4 is 5.97 Å². The molecule has 0 amide bonds. The molecule has 1 aromatic rings. The second kappa shape index (κ2) is 4.96. The summed E-state index contributed by atoms with van der Waals surface area (Å²) in [5, 5.41) is 0. The Morgan fingerprint density at radius 1 is 1.53 bits per heavy atom. The Morgan fingerprint density at radius 2 is 2.20 bits per heavy atom. The van der Waals surface area contributed by atoms with E-state index in [1.54, 1.807) is 6.92 Å². The molecule has 1 rings (SSSR count). The Balaban J connectivity index is 2.72. The number of hydrogen-bond acceptors (Lipinski definition) is 4. The summed E-state index contributed by atoms with van der Waals surface area (Å²) in [6, 6.07) is 0. The van der Waals surface area contributed by atoms with Crippen LogP contribution in [0.3, 0.4) is 0 Å². The fraction of sp³-hybridized carbons (Fsp3) is 0.636.